The molecule has 1 aliphatic heterocycles. The normalized spacial score (nSPS) is 21.6. The minimum atomic E-state index is 0.701. The van der Waals surface area contributed by atoms with Crippen molar-refractivity contribution in [2.45, 2.75) is 25.8 Å². The van der Waals surface area contributed by atoms with Crippen LogP contribution in [0.3, 0.4) is 0 Å². The maximum absolute atomic E-state index is 3.53. The van der Waals surface area contributed by atoms with Crippen LogP contribution in [0, 0.1) is 3.57 Å². The summed E-state index contributed by atoms with van der Waals surface area (Å²) in [7, 11) is 0. The van der Waals surface area contributed by atoms with E-state index >= 15 is 0 Å². The first-order valence-corrected chi connectivity index (χ1v) is 6.77. The Morgan fingerprint density at radius 2 is 2.29 bits per heavy atom. The zero-order valence-electron chi connectivity index (χ0n) is 8.13. The fourth-order valence-corrected chi connectivity index (χ4v) is 2.73. The van der Waals surface area contributed by atoms with E-state index in [9.17, 15) is 0 Å². The Morgan fingerprint density at radius 1 is 1.50 bits per heavy atom. The lowest BCUT2D eigenvalue weighted by Crippen LogP contribution is -2.26. The van der Waals surface area contributed by atoms with Crippen LogP contribution >= 0.6 is 38.5 Å². The summed E-state index contributed by atoms with van der Waals surface area (Å²) in [5, 5.41) is 0. The Hall–Kier alpha value is 0.230. The van der Waals surface area contributed by atoms with Gasteiger partial charge in [-0.3, -0.25) is 0 Å². The van der Waals surface area contributed by atoms with Crippen molar-refractivity contribution >= 4 is 44.2 Å². The van der Waals surface area contributed by atoms with Crippen molar-refractivity contribution in [2.75, 3.05) is 11.4 Å². The van der Waals surface area contributed by atoms with Crippen LogP contribution in [0.15, 0.2) is 22.7 Å². The highest BCUT2D eigenvalue weighted by Crippen LogP contribution is 2.29. The van der Waals surface area contributed by atoms with Crippen LogP contribution in [-0.4, -0.2) is 12.6 Å². The molecule has 0 aliphatic carbocycles. The van der Waals surface area contributed by atoms with Gasteiger partial charge in [0, 0.05) is 26.3 Å². The molecule has 1 fully saturated rings. The van der Waals surface area contributed by atoms with Gasteiger partial charge in [-0.25, -0.2) is 0 Å². The molecule has 0 aromatic heterocycles. The Morgan fingerprint density at radius 3 is 2.86 bits per heavy atom. The van der Waals surface area contributed by atoms with Crippen LogP contribution in [0.5, 0.6) is 0 Å². The van der Waals surface area contributed by atoms with Gasteiger partial charge in [-0.05, 0) is 76.5 Å². The van der Waals surface area contributed by atoms with Crippen LogP contribution in [0.25, 0.3) is 0 Å². The topological polar surface area (TPSA) is 3.24 Å². The fraction of sp³-hybridized carbons (Fsp3) is 0.455. The average molecular weight is 366 g/mol. The summed E-state index contributed by atoms with van der Waals surface area (Å²) < 4.78 is 2.48. The zero-order valence-corrected chi connectivity index (χ0v) is 11.9. The van der Waals surface area contributed by atoms with Crippen LogP contribution in [0.2, 0.25) is 0 Å². The quantitative estimate of drug-likeness (QED) is 0.679. The maximum atomic E-state index is 3.53. The summed E-state index contributed by atoms with van der Waals surface area (Å²) in [6.45, 7) is 3.51. The van der Waals surface area contributed by atoms with E-state index in [1.54, 1.807) is 0 Å². The molecule has 1 unspecified atom stereocenters. The van der Waals surface area contributed by atoms with Gasteiger partial charge in [-0.1, -0.05) is 0 Å². The summed E-state index contributed by atoms with van der Waals surface area (Å²) in [5.41, 5.74) is 1.36. The predicted octanol–water partition coefficient (Wildman–Crippen LogP) is 4.04. The first-order valence-electron chi connectivity index (χ1n) is 4.90. The smallest absolute Gasteiger partial charge is 0.0380 e. The van der Waals surface area contributed by atoms with Gasteiger partial charge in [0.15, 0.2) is 0 Å². The average Bonchev–Trinajstić information content (AvgIpc) is 2.57. The van der Waals surface area contributed by atoms with Crippen LogP contribution in [0.4, 0.5) is 5.69 Å². The molecule has 76 valence electrons. The summed E-state index contributed by atoms with van der Waals surface area (Å²) in [6, 6.07) is 7.30. The van der Waals surface area contributed by atoms with Gasteiger partial charge in [0.05, 0.1) is 0 Å². The second kappa shape index (κ2) is 4.39. The highest BCUT2D eigenvalue weighted by molar-refractivity contribution is 14.1. The lowest BCUT2D eigenvalue weighted by atomic mass is 10.2. The zero-order chi connectivity index (χ0) is 10.1. The summed E-state index contributed by atoms with van der Waals surface area (Å²) in [4.78, 5) is 2.49. The number of benzene rings is 1. The van der Waals surface area contributed by atoms with Crippen molar-refractivity contribution in [2.24, 2.45) is 0 Å². The van der Waals surface area contributed by atoms with Crippen molar-refractivity contribution < 1.29 is 0 Å². The molecule has 14 heavy (non-hydrogen) atoms. The minimum Gasteiger partial charge on any atom is -0.369 e. The standard InChI is InChI=1S/C11H13BrIN/c1-8-3-2-6-14(8)9-4-5-10(12)11(13)7-9/h4-5,7-8H,2-3,6H2,1H3. The number of hydrogen-bond donors (Lipinski definition) is 0. The SMILES string of the molecule is CC1CCCN1c1ccc(Br)c(I)c1. The fourth-order valence-electron chi connectivity index (χ4n) is 1.98. The maximum Gasteiger partial charge on any atom is 0.0380 e. The predicted molar refractivity (Wildman–Crippen MR) is 72.9 cm³/mol. The van der Waals surface area contributed by atoms with Gasteiger partial charge < -0.3 is 4.90 Å². The van der Waals surface area contributed by atoms with Crippen molar-refractivity contribution in [1.82, 2.24) is 0 Å². The molecule has 0 radical (unpaired) electrons. The van der Waals surface area contributed by atoms with Gasteiger partial charge in [-0.15, -0.1) is 0 Å². The molecule has 1 aromatic rings. The van der Waals surface area contributed by atoms with E-state index in [4.69, 9.17) is 0 Å². The number of nitrogens with zero attached hydrogens (tertiary/aromatic N) is 1. The Balaban J connectivity index is 2.28. The molecule has 1 saturated heterocycles. The number of hydrogen-bond acceptors (Lipinski definition) is 1. The van der Waals surface area contributed by atoms with E-state index in [-0.39, 0.29) is 0 Å². The molecule has 3 heteroatoms. The molecular formula is C11H13BrIN. The Bertz CT molecular complexity index is 340. The lowest BCUT2D eigenvalue weighted by molar-refractivity contribution is 0.735. The van der Waals surface area contributed by atoms with Crippen molar-refractivity contribution in [1.29, 1.82) is 0 Å². The molecule has 1 nitrogen and oxygen atoms in total. The molecule has 0 N–H and O–H groups in total. The molecule has 0 amide bonds. The van der Waals surface area contributed by atoms with E-state index < -0.39 is 0 Å². The molecular weight excluding hydrogens is 353 g/mol. The summed E-state index contributed by atoms with van der Waals surface area (Å²) in [6.07, 6.45) is 2.65. The third-order valence-electron chi connectivity index (χ3n) is 2.79. The Kier molecular flexibility index (Phi) is 3.37. The van der Waals surface area contributed by atoms with Crippen LogP contribution in [-0.2, 0) is 0 Å². The van der Waals surface area contributed by atoms with E-state index in [0.29, 0.717) is 6.04 Å². The molecule has 0 saturated carbocycles. The second-order valence-electron chi connectivity index (χ2n) is 3.78. The third-order valence-corrected chi connectivity index (χ3v) is 5.11. The van der Waals surface area contributed by atoms with E-state index in [2.05, 4.69) is 68.5 Å². The minimum absolute atomic E-state index is 0.701. The lowest BCUT2D eigenvalue weighted by Gasteiger charge is -2.24. The second-order valence-corrected chi connectivity index (χ2v) is 5.80. The van der Waals surface area contributed by atoms with Crippen molar-refractivity contribution in [3.05, 3.63) is 26.2 Å². The highest BCUT2D eigenvalue weighted by Gasteiger charge is 2.20. The largest absolute Gasteiger partial charge is 0.369 e. The molecule has 2 rings (SSSR count). The summed E-state index contributed by atoms with van der Waals surface area (Å²) >= 11 is 5.90. The van der Waals surface area contributed by atoms with E-state index in [1.807, 2.05) is 0 Å². The Labute approximate surface area is 107 Å². The van der Waals surface area contributed by atoms with Crippen LogP contribution < -0.4 is 4.90 Å². The number of halogens is 2. The van der Waals surface area contributed by atoms with E-state index in [0.717, 1.165) is 0 Å². The molecule has 0 bridgehead atoms. The molecule has 1 aliphatic rings. The highest BCUT2D eigenvalue weighted by atomic mass is 127. The van der Waals surface area contributed by atoms with Gasteiger partial charge >= 0.3 is 0 Å². The van der Waals surface area contributed by atoms with Crippen LogP contribution in [0.1, 0.15) is 19.8 Å². The van der Waals surface area contributed by atoms with Gasteiger partial charge in [-0.2, -0.15) is 0 Å². The third kappa shape index (κ3) is 2.08. The monoisotopic (exact) mass is 365 g/mol. The van der Waals surface area contributed by atoms with Crippen molar-refractivity contribution in [3.63, 3.8) is 0 Å². The van der Waals surface area contributed by atoms with Gasteiger partial charge in [0.2, 0.25) is 0 Å². The molecule has 0 spiro atoms. The molecule has 1 atom stereocenters. The first-order chi connectivity index (χ1) is 6.68. The van der Waals surface area contributed by atoms with E-state index in [1.165, 1.54) is 33.1 Å². The summed E-state index contributed by atoms with van der Waals surface area (Å²) in [5.74, 6) is 0. The van der Waals surface area contributed by atoms with Crippen molar-refractivity contribution in [3.8, 4) is 0 Å². The molecule has 1 heterocycles. The van der Waals surface area contributed by atoms with Gasteiger partial charge in [0.25, 0.3) is 0 Å². The first kappa shape index (κ1) is 10.7. The van der Waals surface area contributed by atoms with Gasteiger partial charge in [0.1, 0.15) is 0 Å². The number of rotatable bonds is 1. The molecule has 1 aromatic carbocycles. The number of anilines is 1.